The molecule has 2 aromatic rings. The van der Waals surface area contributed by atoms with Crippen LogP contribution in [0.15, 0.2) is 42.5 Å². The van der Waals surface area contributed by atoms with Crippen molar-refractivity contribution in [3.8, 4) is 0 Å². The van der Waals surface area contributed by atoms with Crippen LogP contribution in [0.2, 0.25) is 0 Å². The van der Waals surface area contributed by atoms with Crippen LogP contribution >= 0.6 is 0 Å². The van der Waals surface area contributed by atoms with Gasteiger partial charge in [0.2, 0.25) is 5.91 Å². The van der Waals surface area contributed by atoms with Gasteiger partial charge in [0, 0.05) is 50.2 Å². The second-order valence-electron chi connectivity index (χ2n) is 7.09. The van der Waals surface area contributed by atoms with E-state index in [0.29, 0.717) is 25.1 Å². The van der Waals surface area contributed by atoms with E-state index in [1.54, 1.807) is 11.9 Å². The first-order valence-corrected chi connectivity index (χ1v) is 9.03. The van der Waals surface area contributed by atoms with Crippen LogP contribution < -0.4 is 9.80 Å². The molecule has 0 radical (unpaired) electrons. The first-order valence-electron chi connectivity index (χ1n) is 9.03. The fraction of sp³-hybridized carbons (Fsp3) is 0.333. The third-order valence-electron chi connectivity index (χ3n) is 5.37. The van der Waals surface area contributed by atoms with Crippen LogP contribution in [-0.4, -0.2) is 49.9 Å². The lowest BCUT2D eigenvalue weighted by Gasteiger charge is -2.36. The number of carbonyl (C=O) groups is 2. The number of carbonyl (C=O) groups excluding carboxylic acids is 2. The van der Waals surface area contributed by atoms with Gasteiger partial charge in [0.05, 0.1) is 6.42 Å². The van der Waals surface area contributed by atoms with E-state index in [0.717, 1.165) is 24.3 Å². The van der Waals surface area contributed by atoms with Gasteiger partial charge in [-0.15, -0.1) is 0 Å². The Labute approximate surface area is 153 Å². The number of fused-ring (bicyclic) bond motifs is 1. The molecular weight excluding hydrogens is 326 g/mol. The summed E-state index contributed by atoms with van der Waals surface area (Å²) in [5.74, 6) is 0.134. The summed E-state index contributed by atoms with van der Waals surface area (Å²) < 4.78 is 0. The Bertz CT molecular complexity index is 852. The van der Waals surface area contributed by atoms with E-state index in [1.165, 1.54) is 11.3 Å². The Morgan fingerprint density at radius 1 is 0.962 bits per heavy atom. The third-order valence-corrected chi connectivity index (χ3v) is 5.37. The van der Waals surface area contributed by atoms with Gasteiger partial charge in [0.25, 0.3) is 5.91 Å². The van der Waals surface area contributed by atoms with Gasteiger partial charge in [-0.1, -0.05) is 17.7 Å². The normalized spacial score (nSPS) is 16.8. The molecule has 0 aliphatic carbocycles. The number of aryl methyl sites for hydroxylation is 1. The molecule has 0 N–H and O–H groups in total. The lowest BCUT2D eigenvalue weighted by molar-refractivity contribution is -0.117. The molecule has 0 saturated carbocycles. The van der Waals surface area contributed by atoms with Crippen LogP contribution in [0.1, 0.15) is 21.5 Å². The number of amides is 2. The highest BCUT2D eigenvalue weighted by atomic mass is 16.2. The average molecular weight is 349 g/mol. The molecule has 2 heterocycles. The molecule has 0 aromatic heterocycles. The predicted octanol–water partition coefficient (Wildman–Crippen LogP) is 2.48. The average Bonchev–Trinajstić information content (AvgIpc) is 2.95. The Morgan fingerprint density at radius 2 is 1.65 bits per heavy atom. The molecule has 4 rings (SSSR count). The molecule has 134 valence electrons. The topological polar surface area (TPSA) is 43.9 Å². The Balaban J connectivity index is 1.43. The van der Waals surface area contributed by atoms with Gasteiger partial charge in [-0.05, 0) is 42.8 Å². The summed E-state index contributed by atoms with van der Waals surface area (Å²) in [4.78, 5) is 30.6. The third kappa shape index (κ3) is 2.94. The summed E-state index contributed by atoms with van der Waals surface area (Å²) in [6, 6.07) is 14.1. The van der Waals surface area contributed by atoms with Crippen molar-refractivity contribution in [2.45, 2.75) is 13.3 Å². The smallest absolute Gasteiger partial charge is 0.253 e. The molecule has 2 aromatic carbocycles. The van der Waals surface area contributed by atoms with Gasteiger partial charge in [-0.2, -0.15) is 0 Å². The predicted molar refractivity (Wildman–Crippen MR) is 103 cm³/mol. The molecule has 0 unspecified atom stereocenters. The maximum absolute atomic E-state index is 12.9. The monoisotopic (exact) mass is 349 g/mol. The van der Waals surface area contributed by atoms with Crippen LogP contribution in [0.25, 0.3) is 0 Å². The number of hydrogen-bond donors (Lipinski definition) is 0. The second-order valence-corrected chi connectivity index (χ2v) is 7.09. The van der Waals surface area contributed by atoms with E-state index in [9.17, 15) is 9.59 Å². The number of likely N-dealkylation sites (N-methyl/N-ethyl adjacent to an activating group) is 1. The summed E-state index contributed by atoms with van der Waals surface area (Å²) in [5.41, 5.74) is 5.00. The number of rotatable bonds is 2. The maximum Gasteiger partial charge on any atom is 0.253 e. The lowest BCUT2D eigenvalue weighted by atomic mass is 10.1. The summed E-state index contributed by atoms with van der Waals surface area (Å²) in [6.45, 7) is 5.18. The van der Waals surface area contributed by atoms with E-state index in [-0.39, 0.29) is 11.8 Å². The van der Waals surface area contributed by atoms with Gasteiger partial charge in [-0.25, -0.2) is 0 Å². The van der Waals surface area contributed by atoms with Crippen molar-refractivity contribution in [3.05, 3.63) is 59.2 Å². The minimum atomic E-state index is 0.0540. The zero-order chi connectivity index (χ0) is 18.3. The van der Waals surface area contributed by atoms with Crippen LogP contribution in [0, 0.1) is 6.92 Å². The number of piperazine rings is 1. The summed E-state index contributed by atoms with van der Waals surface area (Å²) in [6.07, 6.45) is 0.383. The van der Waals surface area contributed by atoms with Crippen molar-refractivity contribution >= 4 is 23.2 Å². The van der Waals surface area contributed by atoms with E-state index in [2.05, 4.69) is 36.1 Å². The molecule has 0 spiro atoms. The highest BCUT2D eigenvalue weighted by Crippen LogP contribution is 2.29. The van der Waals surface area contributed by atoms with E-state index in [4.69, 9.17) is 0 Å². The molecule has 1 fully saturated rings. The van der Waals surface area contributed by atoms with Crippen molar-refractivity contribution in [2.24, 2.45) is 0 Å². The Morgan fingerprint density at radius 3 is 2.35 bits per heavy atom. The minimum absolute atomic E-state index is 0.0540. The maximum atomic E-state index is 12.9. The summed E-state index contributed by atoms with van der Waals surface area (Å²) in [5, 5.41) is 0. The molecule has 0 bridgehead atoms. The molecule has 5 nitrogen and oxygen atoms in total. The molecule has 5 heteroatoms. The van der Waals surface area contributed by atoms with Gasteiger partial charge < -0.3 is 14.7 Å². The molecule has 2 aliphatic rings. The highest BCUT2D eigenvalue weighted by Gasteiger charge is 2.27. The molecule has 26 heavy (non-hydrogen) atoms. The zero-order valence-corrected chi connectivity index (χ0v) is 15.2. The highest BCUT2D eigenvalue weighted by molar-refractivity contribution is 6.03. The van der Waals surface area contributed by atoms with Crippen LogP contribution in [-0.2, 0) is 11.2 Å². The lowest BCUT2D eigenvalue weighted by Crippen LogP contribution is -2.48. The van der Waals surface area contributed by atoms with Crippen LogP contribution in [0.5, 0.6) is 0 Å². The van der Waals surface area contributed by atoms with E-state index >= 15 is 0 Å². The van der Waals surface area contributed by atoms with Gasteiger partial charge >= 0.3 is 0 Å². The fourth-order valence-corrected chi connectivity index (χ4v) is 3.71. The molecule has 2 aliphatic heterocycles. The van der Waals surface area contributed by atoms with E-state index in [1.807, 2.05) is 23.1 Å². The van der Waals surface area contributed by atoms with Crippen molar-refractivity contribution in [2.75, 3.05) is 43.0 Å². The second kappa shape index (κ2) is 6.48. The molecule has 2 amide bonds. The summed E-state index contributed by atoms with van der Waals surface area (Å²) >= 11 is 0. The quantitative estimate of drug-likeness (QED) is 0.837. The van der Waals surface area contributed by atoms with Crippen LogP contribution in [0.4, 0.5) is 11.4 Å². The fourth-order valence-electron chi connectivity index (χ4n) is 3.71. The van der Waals surface area contributed by atoms with Gasteiger partial charge in [0.1, 0.15) is 0 Å². The number of benzene rings is 2. The molecule has 0 atom stereocenters. The van der Waals surface area contributed by atoms with Gasteiger partial charge in [0.15, 0.2) is 0 Å². The van der Waals surface area contributed by atoms with Crippen molar-refractivity contribution in [3.63, 3.8) is 0 Å². The number of nitrogens with zero attached hydrogens (tertiary/aromatic N) is 3. The van der Waals surface area contributed by atoms with Crippen molar-refractivity contribution in [1.29, 1.82) is 0 Å². The zero-order valence-electron chi connectivity index (χ0n) is 15.2. The van der Waals surface area contributed by atoms with E-state index < -0.39 is 0 Å². The SMILES string of the molecule is Cc1ccc(N2CCN(C(=O)c3ccc4c(c3)CC(=O)N4C)CC2)cc1. The Hall–Kier alpha value is -2.82. The first-order chi connectivity index (χ1) is 12.5. The summed E-state index contributed by atoms with van der Waals surface area (Å²) in [7, 11) is 1.78. The standard InChI is InChI=1S/C21H23N3O2/c1-15-3-6-18(7-4-15)23-9-11-24(12-10-23)21(26)16-5-8-19-17(13-16)14-20(25)22(19)2/h3-8,13H,9-12,14H2,1-2H3. The van der Waals surface area contributed by atoms with Crippen LogP contribution in [0.3, 0.4) is 0 Å². The Kier molecular flexibility index (Phi) is 4.15. The van der Waals surface area contributed by atoms with Gasteiger partial charge in [-0.3, -0.25) is 9.59 Å². The first kappa shape index (κ1) is 16.6. The molecule has 1 saturated heterocycles. The number of hydrogen-bond acceptors (Lipinski definition) is 3. The van der Waals surface area contributed by atoms with Crippen molar-refractivity contribution in [1.82, 2.24) is 4.90 Å². The minimum Gasteiger partial charge on any atom is -0.368 e. The van der Waals surface area contributed by atoms with Crippen molar-refractivity contribution < 1.29 is 9.59 Å². The number of anilines is 2. The largest absolute Gasteiger partial charge is 0.368 e. The molecular formula is C21H23N3O2.